The third kappa shape index (κ3) is 15.2. The summed E-state index contributed by atoms with van der Waals surface area (Å²) in [6.07, 6.45) is -9.50. The molecule has 12 aromatic rings. The van der Waals surface area contributed by atoms with Crippen molar-refractivity contribution in [3.05, 3.63) is 350 Å². The maximum Gasteiger partial charge on any atom is 1.00 e. The Labute approximate surface area is 909 Å². The number of Topliss-reactive ketones (excluding diaryl/α,β-unsaturated/α-hetero) is 4. The van der Waals surface area contributed by atoms with Gasteiger partial charge in [0, 0.05) is 69.4 Å². The van der Waals surface area contributed by atoms with Gasteiger partial charge in [-0.1, -0.05) is 214 Å². The van der Waals surface area contributed by atoms with Gasteiger partial charge in [0.2, 0.25) is 79.8 Å². The van der Waals surface area contributed by atoms with Crippen molar-refractivity contribution in [2.24, 2.45) is 47.3 Å². The van der Waals surface area contributed by atoms with Crippen molar-refractivity contribution < 1.29 is 169 Å². The molecule has 0 saturated carbocycles. The van der Waals surface area contributed by atoms with Crippen molar-refractivity contribution in [2.75, 3.05) is 47.6 Å². The molecule has 5 N–H and O–H groups in total. The van der Waals surface area contributed by atoms with E-state index >= 15 is 0 Å². The number of hydrogen-bond acceptors (Lipinski definition) is 29. The number of carbonyl (C=O) groups is 12. The van der Waals surface area contributed by atoms with E-state index in [1.54, 1.807) is 176 Å². The Morgan fingerprint density at radius 1 is 0.333 bits per heavy atom. The summed E-state index contributed by atoms with van der Waals surface area (Å²) < 4.78 is 74.1. The van der Waals surface area contributed by atoms with E-state index in [0.29, 0.717) is 106 Å². The number of amides is 6. The van der Waals surface area contributed by atoms with Crippen molar-refractivity contribution in [3.63, 3.8) is 0 Å². The van der Waals surface area contributed by atoms with E-state index in [-0.39, 0.29) is 126 Å². The number of imide groups is 2. The van der Waals surface area contributed by atoms with Crippen LogP contribution in [0.2, 0.25) is 40.2 Å². The van der Waals surface area contributed by atoms with E-state index in [1.165, 1.54) is 66.7 Å². The predicted molar refractivity (Wildman–Crippen MR) is 524 cm³/mol. The summed E-state index contributed by atoms with van der Waals surface area (Å²) in [4.78, 5) is 167. The van der Waals surface area contributed by atoms with Crippen LogP contribution < -0.4 is 93.0 Å². The first-order chi connectivity index (χ1) is 71.7. The van der Waals surface area contributed by atoms with Crippen molar-refractivity contribution in [3.8, 4) is 46.0 Å². The van der Waals surface area contributed by atoms with E-state index in [9.17, 15) is 78.0 Å². The van der Waals surface area contributed by atoms with Gasteiger partial charge in [-0.05, 0) is 136 Å². The molecule has 11 heterocycles. The summed E-state index contributed by atoms with van der Waals surface area (Å²) in [5.41, 5.74) is -2.44. The van der Waals surface area contributed by atoms with Crippen LogP contribution in [-0.2, 0) is 62.0 Å². The molecule has 7 saturated heterocycles. The quantitative estimate of drug-likeness (QED) is 0.0347. The minimum atomic E-state index is -2.31. The molecule has 42 heteroatoms. The molecule has 752 valence electrons. The third-order valence-electron chi connectivity index (χ3n) is 29.8. The van der Waals surface area contributed by atoms with E-state index in [2.05, 4.69) is 10.6 Å². The van der Waals surface area contributed by atoms with E-state index < -0.39 is 189 Å². The topological polar surface area (TPSA) is 439 Å². The van der Waals surface area contributed by atoms with Crippen LogP contribution in [0, 0.1) is 47.3 Å². The summed E-state index contributed by atoms with van der Waals surface area (Å²) in [7, 11) is 0. The molecule has 0 aromatic heterocycles. The fourth-order valence-electron chi connectivity index (χ4n) is 23.3. The van der Waals surface area contributed by atoms with Gasteiger partial charge in [0.1, 0.15) is 24.2 Å². The fourth-order valence-corrected chi connectivity index (χ4v) is 24.5. The number of ketones is 4. The number of carboxylic acid groups (broad SMARTS) is 1. The second-order valence-electron chi connectivity index (χ2n) is 37.3. The number of esters is 1. The van der Waals surface area contributed by atoms with Gasteiger partial charge < -0.3 is 97.4 Å². The number of carbonyl (C=O) groups excluding carboxylic acids is 12. The van der Waals surface area contributed by atoms with Gasteiger partial charge in [0.05, 0.1) is 117 Å². The first kappa shape index (κ1) is 100. The smallest absolute Gasteiger partial charge is 0.550 e. The van der Waals surface area contributed by atoms with Gasteiger partial charge in [-0.25, -0.2) is 9.80 Å². The van der Waals surface area contributed by atoms with Crippen LogP contribution in [0.15, 0.2) is 243 Å². The van der Waals surface area contributed by atoms with Gasteiger partial charge >= 0.3 is 35.5 Å². The monoisotopic (exact) mass is 2190 g/mol. The molecule has 6 amide bonds. The minimum absolute atomic E-state index is 0. The number of rotatable bonds is 11. The number of fused-ring (bicyclic) bond motifs is 13. The second kappa shape index (κ2) is 37.8. The molecule has 15 aliphatic rings. The zero-order chi connectivity index (χ0) is 104. The summed E-state index contributed by atoms with van der Waals surface area (Å²) >= 11 is 49.5. The van der Waals surface area contributed by atoms with Crippen molar-refractivity contribution >= 4 is 186 Å². The Morgan fingerprint density at radius 2 is 0.693 bits per heavy atom. The average molecular weight is 2190 g/mol. The van der Waals surface area contributed by atoms with Crippen molar-refractivity contribution in [1.82, 2.24) is 0 Å². The molecule has 7 fully saturated rings. The SMILES string of the molecule is O=C([O-])C1[C@@H](C(=O)Nc2ccc3c(c2)OCO3)C(c2ccc(Cl)c(Cl)c2)OC12C(=O)c1ccccc1[C@H]2O.O=C1C2C(c3ccc(Cl)c(Cl)c3)OC3(C(=O)c4ccccc4C3=O)C2C(=O)N1c1ccc2c(c1)OCO2.O=C1C2C(c3ccc(Cl)c(Cl)c3)OC3(C(=O)c4ccccc4C3O)C2C(=O)N1c1ccc2c(c1)OCO2.O=C1O[C@H]2c3ccccc3[C@@H](O)C23OC(c2ccc(Cl)c(Cl)c2)[C@H](C(=O)Nc2ccc4c(c2)OCO4)C13.[Na+]. The van der Waals surface area contributed by atoms with Crippen LogP contribution >= 0.6 is 92.8 Å². The van der Waals surface area contributed by atoms with Crippen molar-refractivity contribution in [1.29, 1.82) is 0 Å². The third-order valence-corrected chi connectivity index (χ3v) is 32.8. The summed E-state index contributed by atoms with van der Waals surface area (Å²) in [6, 6.07) is 64.1. The number of nitrogens with one attached hydrogen (secondary N) is 2. The number of benzene rings is 12. The molecule has 4 spiro atoms. The first-order valence-corrected chi connectivity index (χ1v) is 49.3. The number of halogens is 8. The molecule has 33 nitrogen and oxygen atoms in total. The second-order valence-corrected chi connectivity index (χ2v) is 40.5. The van der Waals surface area contributed by atoms with Crippen LogP contribution in [0.25, 0.3) is 0 Å². The number of hydrogen-bond donors (Lipinski definition) is 5. The summed E-state index contributed by atoms with van der Waals surface area (Å²) in [6.45, 7) is 0.169. The largest absolute Gasteiger partial charge is 1.00 e. The predicted octanol–water partition coefficient (Wildman–Crippen LogP) is 13.5. The summed E-state index contributed by atoms with van der Waals surface area (Å²) in [5, 5.41) is 54.6. The van der Waals surface area contributed by atoms with Gasteiger partial charge in [-0.3, -0.25) is 52.7 Å². The number of aliphatic hydroxyl groups excluding tert-OH is 3. The molecule has 150 heavy (non-hydrogen) atoms. The molecule has 0 radical (unpaired) electrons. The fraction of sp³-hybridized carbons (Fsp3) is 0.222. The van der Waals surface area contributed by atoms with E-state index in [0.717, 1.165) is 9.80 Å². The maximum absolute atomic E-state index is 14.0. The Kier molecular flexibility index (Phi) is 25.2. The van der Waals surface area contributed by atoms with Gasteiger partial charge in [0.15, 0.2) is 80.5 Å². The van der Waals surface area contributed by atoms with Crippen LogP contribution in [-0.4, -0.2) is 135 Å². The van der Waals surface area contributed by atoms with E-state index in [4.69, 9.17) is 154 Å². The molecular formula is C108H69Cl8N4NaO29. The van der Waals surface area contributed by atoms with Crippen LogP contribution in [0.1, 0.15) is 135 Å². The van der Waals surface area contributed by atoms with Gasteiger partial charge in [-0.2, -0.15) is 0 Å². The molecule has 14 unspecified atom stereocenters. The van der Waals surface area contributed by atoms with Gasteiger partial charge in [-0.15, -0.1) is 0 Å². The normalized spacial score (nSPS) is 27.7. The molecular weight excluding hydrogens is 2120 g/mol. The molecule has 0 bridgehead atoms. The standard InChI is InChI=1S/C27H19Cl2NO8.C27H19Cl2NO7.C27H17Cl2NO7.C27H15Cl2NO7.Na/c28-16-7-5-12(9-17(16)29)22-20(25(33)30-13-6-8-18-19(10-13)37-11-36-18)21(26(34)35)27(38-22)23(31)14-3-1-2-4-15(14)24(27)32;28-16-7-5-12(9-17(16)29)22-20(25(32)30-13-6-8-18-19(10-13)35-11-34-18)21-26(33)36-24-15-4-2-1-3-14(15)23(31)27(21,24)37-22;2*28-16-7-5-12(9-17(16)29)22-20-21(27(37-22)23(31)14-3-1-2-4-15(14)24(27)32)26(34)30(25(20)33)13-6-8-18-19(10-13)36-11-35-18;/h1-10,20-23,31H,11H2,(H,30,33)(H,34,35);1-10,20-24,31H,11H2,(H,30,32);1-10,20-23,31H,11H2;1-10,20-22H,11H2;/q;;;;+1/p-1/t20-,21?,22?,23-,27?;20-,21?,22?,23-,24+,27?;;;/m11.../s1. The van der Waals surface area contributed by atoms with Crippen LogP contribution in [0.3, 0.4) is 0 Å². The number of carboxylic acids is 1. The van der Waals surface area contributed by atoms with E-state index in [1.807, 2.05) is 0 Å². The molecule has 19 atom stereocenters. The molecule has 11 aliphatic heterocycles. The number of nitrogens with zero attached hydrogens (tertiary/aromatic N) is 2. The first-order valence-electron chi connectivity index (χ1n) is 46.2. The average Bonchev–Trinajstić information content (AvgIpc) is 1.51. The minimum Gasteiger partial charge on any atom is -0.550 e. The number of aliphatic carboxylic acids is 1. The Morgan fingerprint density at radius 3 is 1.14 bits per heavy atom. The zero-order valence-corrected chi connectivity index (χ0v) is 85.1. The molecule has 12 aromatic carbocycles. The number of ether oxygens (including phenoxy) is 13. The maximum atomic E-state index is 14.0. The Hall–Kier alpha value is -13.1. The Balaban J connectivity index is 0.000000109. The Bertz CT molecular complexity index is 7900. The number of aliphatic hydroxyl groups is 3. The number of anilines is 4. The van der Waals surface area contributed by atoms with Crippen LogP contribution in [0.5, 0.6) is 46.0 Å². The zero-order valence-electron chi connectivity index (χ0n) is 77.0. The van der Waals surface area contributed by atoms with Crippen LogP contribution in [0.4, 0.5) is 22.7 Å². The molecule has 27 rings (SSSR count). The van der Waals surface area contributed by atoms with Gasteiger partial charge in [0.25, 0.3) is 0 Å². The van der Waals surface area contributed by atoms with Crippen molar-refractivity contribution in [2.45, 2.75) is 71.2 Å². The molecule has 4 aliphatic carbocycles. The summed E-state index contributed by atoms with van der Waals surface area (Å²) in [5.74, 6) is -15.3.